The minimum absolute atomic E-state index is 0.0695. The molecule has 3 rings (SSSR count). The molecule has 4 heteroatoms. The molecule has 0 spiro atoms. The van der Waals surface area contributed by atoms with E-state index in [0.29, 0.717) is 6.54 Å². The van der Waals surface area contributed by atoms with Gasteiger partial charge in [-0.1, -0.05) is 12.1 Å². The third kappa shape index (κ3) is 0.878. The van der Waals surface area contributed by atoms with E-state index in [2.05, 4.69) is 10.3 Å². The van der Waals surface area contributed by atoms with Crippen LogP contribution in [0.3, 0.4) is 0 Å². The zero-order valence-corrected chi connectivity index (χ0v) is 7.53. The summed E-state index contributed by atoms with van der Waals surface area (Å²) in [6.45, 7) is 0.683. The SMILES string of the molecule is O=C1NCCc2nc3ccccc3n21. The van der Waals surface area contributed by atoms with Crippen LogP contribution in [0.5, 0.6) is 0 Å². The highest BCUT2D eigenvalue weighted by atomic mass is 16.2. The van der Waals surface area contributed by atoms with Crippen molar-refractivity contribution in [2.24, 2.45) is 0 Å². The Labute approximate surface area is 80.6 Å². The van der Waals surface area contributed by atoms with Gasteiger partial charge in [-0.3, -0.25) is 0 Å². The third-order valence-corrected chi connectivity index (χ3v) is 2.46. The Morgan fingerprint density at radius 3 is 3.14 bits per heavy atom. The van der Waals surface area contributed by atoms with Crippen LogP contribution in [0.2, 0.25) is 0 Å². The summed E-state index contributed by atoms with van der Waals surface area (Å²) in [6.07, 6.45) is 0.806. The summed E-state index contributed by atoms with van der Waals surface area (Å²) < 4.78 is 1.65. The van der Waals surface area contributed by atoms with E-state index in [1.165, 1.54) is 0 Å². The van der Waals surface area contributed by atoms with Crippen molar-refractivity contribution in [3.8, 4) is 0 Å². The highest BCUT2D eigenvalue weighted by Gasteiger charge is 2.19. The van der Waals surface area contributed by atoms with Gasteiger partial charge in [-0.15, -0.1) is 0 Å². The van der Waals surface area contributed by atoms with E-state index in [-0.39, 0.29) is 6.03 Å². The molecule has 1 N–H and O–H groups in total. The Balaban J connectivity index is 2.39. The molecule has 1 aromatic carbocycles. The predicted molar refractivity (Wildman–Crippen MR) is 52.2 cm³/mol. The molecule has 0 aliphatic carbocycles. The normalized spacial score (nSPS) is 15.3. The molecule has 0 fully saturated rings. The lowest BCUT2D eigenvalue weighted by Gasteiger charge is -2.14. The van der Waals surface area contributed by atoms with Gasteiger partial charge < -0.3 is 5.32 Å². The molecule has 70 valence electrons. The molecule has 1 amide bonds. The van der Waals surface area contributed by atoms with Crippen LogP contribution in [-0.4, -0.2) is 22.1 Å². The second kappa shape index (κ2) is 2.57. The number of aromatic nitrogens is 2. The van der Waals surface area contributed by atoms with Crippen LogP contribution in [0.25, 0.3) is 11.0 Å². The Bertz CT molecular complexity index is 515. The minimum Gasteiger partial charge on any atom is -0.337 e. The second-order valence-corrected chi connectivity index (χ2v) is 3.33. The van der Waals surface area contributed by atoms with Crippen LogP contribution in [0, 0.1) is 0 Å². The number of carbonyl (C=O) groups is 1. The molecular weight excluding hydrogens is 178 g/mol. The lowest BCUT2D eigenvalue weighted by atomic mass is 10.3. The van der Waals surface area contributed by atoms with Gasteiger partial charge in [-0.25, -0.2) is 14.3 Å². The van der Waals surface area contributed by atoms with E-state index >= 15 is 0 Å². The van der Waals surface area contributed by atoms with Gasteiger partial charge in [-0.2, -0.15) is 0 Å². The summed E-state index contributed by atoms with van der Waals surface area (Å²) in [7, 11) is 0. The number of carbonyl (C=O) groups excluding carboxylic acids is 1. The smallest absolute Gasteiger partial charge is 0.327 e. The first-order valence-electron chi connectivity index (χ1n) is 4.61. The van der Waals surface area contributed by atoms with E-state index in [1.807, 2.05) is 24.3 Å². The fourth-order valence-corrected chi connectivity index (χ4v) is 1.83. The van der Waals surface area contributed by atoms with Crippen molar-refractivity contribution < 1.29 is 4.79 Å². The molecule has 0 unspecified atom stereocenters. The van der Waals surface area contributed by atoms with Crippen LogP contribution in [-0.2, 0) is 6.42 Å². The summed E-state index contributed by atoms with van der Waals surface area (Å²) in [5.41, 5.74) is 1.78. The molecule has 1 aliphatic rings. The Morgan fingerprint density at radius 1 is 1.36 bits per heavy atom. The van der Waals surface area contributed by atoms with Crippen LogP contribution < -0.4 is 5.32 Å². The Kier molecular flexibility index (Phi) is 1.39. The zero-order chi connectivity index (χ0) is 9.54. The van der Waals surface area contributed by atoms with Crippen molar-refractivity contribution in [2.75, 3.05) is 6.54 Å². The first kappa shape index (κ1) is 7.55. The molecule has 1 aromatic heterocycles. The molecule has 0 atom stereocenters. The number of nitrogens with zero attached hydrogens (tertiary/aromatic N) is 2. The van der Waals surface area contributed by atoms with Gasteiger partial charge in [0.1, 0.15) is 5.82 Å². The number of rotatable bonds is 0. The van der Waals surface area contributed by atoms with Gasteiger partial charge in [0.05, 0.1) is 11.0 Å². The van der Waals surface area contributed by atoms with Crippen LogP contribution in [0.4, 0.5) is 4.79 Å². The molecule has 1 aliphatic heterocycles. The molecule has 14 heavy (non-hydrogen) atoms. The summed E-state index contributed by atoms with van der Waals surface area (Å²) >= 11 is 0. The Hall–Kier alpha value is -1.84. The first-order valence-corrected chi connectivity index (χ1v) is 4.61. The van der Waals surface area contributed by atoms with Gasteiger partial charge in [0.25, 0.3) is 0 Å². The van der Waals surface area contributed by atoms with Crippen molar-refractivity contribution in [3.05, 3.63) is 30.1 Å². The summed E-state index contributed by atoms with van der Waals surface area (Å²) in [5.74, 6) is 0.856. The van der Waals surface area contributed by atoms with E-state index in [4.69, 9.17) is 0 Å². The summed E-state index contributed by atoms with van der Waals surface area (Å²) in [6, 6.07) is 7.61. The van der Waals surface area contributed by atoms with E-state index in [9.17, 15) is 4.79 Å². The van der Waals surface area contributed by atoms with E-state index < -0.39 is 0 Å². The van der Waals surface area contributed by atoms with Crippen molar-refractivity contribution in [2.45, 2.75) is 6.42 Å². The maximum absolute atomic E-state index is 11.6. The standard InChI is InChI=1S/C10H9N3O/c14-10-11-6-5-9-12-7-3-1-2-4-8(7)13(9)10/h1-4H,5-6H2,(H,11,14). The lowest BCUT2D eigenvalue weighted by Crippen LogP contribution is -2.36. The van der Waals surface area contributed by atoms with Crippen molar-refractivity contribution in [1.29, 1.82) is 0 Å². The van der Waals surface area contributed by atoms with Crippen LogP contribution >= 0.6 is 0 Å². The quantitative estimate of drug-likeness (QED) is 0.672. The number of amides is 1. The summed E-state index contributed by atoms with van der Waals surface area (Å²) in [5, 5.41) is 2.80. The van der Waals surface area contributed by atoms with E-state index in [1.54, 1.807) is 4.57 Å². The average molecular weight is 187 g/mol. The maximum atomic E-state index is 11.6. The molecule has 0 saturated carbocycles. The Morgan fingerprint density at radius 2 is 2.21 bits per heavy atom. The molecule has 0 radical (unpaired) electrons. The second-order valence-electron chi connectivity index (χ2n) is 3.33. The van der Waals surface area contributed by atoms with Gasteiger partial charge >= 0.3 is 6.03 Å². The molecular formula is C10H9N3O. The van der Waals surface area contributed by atoms with Gasteiger partial charge in [0, 0.05) is 13.0 Å². The van der Waals surface area contributed by atoms with Gasteiger partial charge in [-0.05, 0) is 12.1 Å². The van der Waals surface area contributed by atoms with Crippen molar-refractivity contribution >= 4 is 17.1 Å². The number of hydrogen-bond donors (Lipinski definition) is 1. The summed E-state index contributed by atoms with van der Waals surface area (Å²) in [4.78, 5) is 16.0. The maximum Gasteiger partial charge on any atom is 0.327 e. The first-order chi connectivity index (χ1) is 6.86. The number of imidazole rings is 1. The molecule has 2 aromatic rings. The number of fused-ring (bicyclic) bond motifs is 3. The van der Waals surface area contributed by atoms with Crippen molar-refractivity contribution in [3.63, 3.8) is 0 Å². The predicted octanol–water partition coefficient (Wildman–Crippen LogP) is 1.15. The topological polar surface area (TPSA) is 46.9 Å². The highest BCUT2D eigenvalue weighted by molar-refractivity contribution is 5.90. The largest absolute Gasteiger partial charge is 0.337 e. The third-order valence-electron chi connectivity index (χ3n) is 2.46. The van der Waals surface area contributed by atoms with E-state index in [0.717, 1.165) is 23.3 Å². The average Bonchev–Trinajstić information content (AvgIpc) is 2.57. The fourth-order valence-electron chi connectivity index (χ4n) is 1.83. The van der Waals surface area contributed by atoms with Gasteiger partial charge in [0.2, 0.25) is 0 Å². The molecule has 2 heterocycles. The van der Waals surface area contributed by atoms with Gasteiger partial charge in [0.15, 0.2) is 0 Å². The monoisotopic (exact) mass is 187 g/mol. The number of nitrogens with one attached hydrogen (secondary N) is 1. The number of para-hydroxylation sites is 2. The number of hydrogen-bond acceptors (Lipinski definition) is 2. The van der Waals surface area contributed by atoms with Crippen molar-refractivity contribution in [1.82, 2.24) is 14.9 Å². The molecule has 0 bridgehead atoms. The van der Waals surface area contributed by atoms with Crippen LogP contribution in [0.1, 0.15) is 5.82 Å². The van der Waals surface area contributed by atoms with Crippen LogP contribution in [0.15, 0.2) is 24.3 Å². The minimum atomic E-state index is -0.0695. The fraction of sp³-hybridized carbons (Fsp3) is 0.200. The molecule has 0 saturated heterocycles. The molecule has 4 nitrogen and oxygen atoms in total. The number of benzene rings is 1. The highest BCUT2D eigenvalue weighted by Crippen LogP contribution is 2.17. The zero-order valence-electron chi connectivity index (χ0n) is 7.53. The lowest BCUT2D eigenvalue weighted by molar-refractivity contribution is 0.240.